The summed E-state index contributed by atoms with van der Waals surface area (Å²) in [5.41, 5.74) is 1.15. The minimum Gasteiger partial charge on any atom is -0.265 e. The summed E-state index contributed by atoms with van der Waals surface area (Å²) >= 11 is 6.21. The molecule has 0 aliphatic rings. The molecule has 0 saturated carbocycles. The lowest BCUT2D eigenvalue weighted by molar-refractivity contribution is 0.512. The van der Waals surface area contributed by atoms with Crippen molar-refractivity contribution in [3.05, 3.63) is 28.8 Å². The van der Waals surface area contributed by atoms with Gasteiger partial charge in [0.2, 0.25) is 0 Å². The van der Waals surface area contributed by atoms with Gasteiger partial charge < -0.3 is 0 Å². The number of nitrogens with zero attached hydrogens (tertiary/aromatic N) is 1. The normalized spacial score (nSPS) is 13.2. The molecule has 0 heterocycles. The molecule has 0 N–H and O–H groups in total. The van der Waals surface area contributed by atoms with Crippen molar-refractivity contribution in [3.63, 3.8) is 0 Å². The summed E-state index contributed by atoms with van der Waals surface area (Å²) in [7, 11) is -0.892. The Balaban J connectivity index is 3.10. The Labute approximate surface area is 106 Å². The van der Waals surface area contributed by atoms with E-state index < -0.39 is 10.2 Å². The van der Waals surface area contributed by atoms with E-state index in [2.05, 4.69) is 48.9 Å². The molecule has 16 heavy (non-hydrogen) atoms. The molecule has 0 bridgehead atoms. The highest BCUT2D eigenvalue weighted by Crippen LogP contribution is 2.52. The SMILES string of the molecule is CCN(CC)S(C)(C)c1ccc(C)c(Cl)c1. The van der Waals surface area contributed by atoms with Crippen molar-refractivity contribution in [2.24, 2.45) is 0 Å². The number of halogens is 1. The van der Waals surface area contributed by atoms with Crippen molar-refractivity contribution in [1.82, 2.24) is 4.31 Å². The average Bonchev–Trinajstić information content (AvgIpc) is 2.23. The Morgan fingerprint density at radius 1 is 1.19 bits per heavy atom. The zero-order chi connectivity index (χ0) is 12.3. The van der Waals surface area contributed by atoms with Crippen LogP contribution in [0.4, 0.5) is 0 Å². The van der Waals surface area contributed by atoms with E-state index in [1.54, 1.807) is 0 Å². The summed E-state index contributed by atoms with van der Waals surface area (Å²) in [6.07, 6.45) is 4.67. The van der Waals surface area contributed by atoms with Gasteiger partial charge in [-0.2, -0.15) is 10.2 Å². The number of hydrogen-bond donors (Lipinski definition) is 0. The number of aryl methyl sites for hydroxylation is 1. The van der Waals surface area contributed by atoms with Crippen LogP contribution in [0.3, 0.4) is 0 Å². The molecule has 0 fully saturated rings. The Kier molecular flexibility index (Phi) is 4.72. The predicted molar refractivity (Wildman–Crippen MR) is 76.8 cm³/mol. The molecule has 92 valence electrons. The molecular weight excluding hydrogens is 238 g/mol. The Morgan fingerprint density at radius 2 is 1.75 bits per heavy atom. The highest BCUT2D eigenvalue weighted by molar-refractivity contribution is 8.30. The zero-order valence-electron chi connectivity index (χ0n) is 10.9. The van der Waals surface area contributed by atoms with E-state index in [0.717, 1.165) is 23.7 Å². The van der Waals surface area contributed by atoms with E-state index in [9.17, 15) is 0 Å². The van der Waals surface area contributed by atoms with Crippen LogP contribution < -0.4 is 0 Å². The van der Waals surface area contributed by atoms with E-state index >= 15 is 0 Å². The van der Waals surface area contributed by atoms with Crippen LogP contribution in [0, 0.1) is 6.92 Å². The van der Waals surface area contributed by atoms with Gasteiger partial charge >= 0.3 is 0 Å². The van der Waals surface area contributed by atoms with Crippen molar-refractivity contribution in [3.8, 4) is 0 Å². The van der Waals surface area contributed by atoms with E-state index in [1.165, 1.54) is 4.90 Å². The van der Waals surface area contributed by atoms with Crippen LogP contribution in [0.5, 0.6) is 0 Å². The summed E-state index contributed by atoms with van der Waals surface area (Å²) in [5.74, 6) is 0. The molecule has 1 aromatic carbocycles. The van der Waals surface area contributed by atoms with E-state index in [0.29, 0.717) is 0 Å². The van der Waals surface area contributed by atoms with Crippen LogP contribution in [0.25, 0.3) is 0 Å². The van der Waals surface area contributed by atoms with Gasteiger partial charge in [-0.05, 0) is 37.1 Å². The van der Waals surface area contributed by atoms with Gasteiger partial charge in [0.1, 0.15) is 0 Å². The highest BCUT2D eigenvalue weighted by atomic mass is 35.5. The van der Waals surface area contributed by atoms with Crippen molar-refractivity contribution in [1.29, 1.82) is 0 Å². The number of hydrogen-bond acceptors (Lipinski definition) is 1. The molecular formula is C13H22ClNS. The van der Waals surface area contributed by atoms with Crippen LogP contribution in [0.2, 0.25) is 5.02 Å². The lowest BCUT2D eigenvalue weighted by atomic mass is 10.2. The fourth-order valence-electron chi connectivity index (χ4n) is 1.90. The maximum absolute atomic E-state index is 6.21. The van der Waals surface area contributed by atoms with Gasteiger partial charge in [0, 0.05) is 23.0 Å². The molecule has 0 aliphatic carbocycles. The quantitative estimate of drug-likeness (QED) is 0.778. The molecule has 0 spiro atoms. The van der Waals surface area contributed by atoms with Gasteiger partial charge in [0.25, 0.3) is 0 Å². The van der Waals surface area contributed by atoms with Crippen molar-refractivity contribution in [2.75, 3.05) is 25.6 Å². The average molecular weight is 260 g/mol. The summed E-state index contributed by atoms with van der Waals surface area (Å²) in [6, 6.07) is 6.47. The zero-order valence-corrected chi connectivity index (χ0v) is 12.5. The van der Waals surface area contributed by atoms with Gasteiger partial charge in [0.05, 0.1) is 0 Å². The molecule has 1 nitrogen and oxygen atoms in total. The van der Waals surface area contributed by atoms with Gasteiger partial charge in [-0.1, -0.05) is 31.5 Å². The van der Waals surface area contributed by atoms with Gasteiger partial charge in [0.15, 0.2) is 0 Å². The van der Waals surface area contributed by atoms with Gasteiger partial charge in [-0.3, -0.25) is 4.31 Å². The number of rotatable bonds is 4. The largest absolute Gasteiger partial charge is 0.265 e. The molecule has 0 atom stereocenters. The van der Waals surface area contributed by atoms with Crippen LogP contribution in [-0.4, -0.2) is 29.9 Å². The van der Waals surface area contributed by atoms with Crippen LogP contribution in [0.1, 0.15) is 19.4 Å². The van der Waals surface area contributed by atoms with Crippen LogP contribution >= 0.6 is 21.8 Å². The standard InChI is InChI=1S/C13H22ClNS/c1-6-15(7-2)16(4,5)12-9-8-11(3)13(14)10-12/h8-10H,6-7H2,1-5H3. The molecule has 3 heteroatoms. The first kappa shape index (κ1) is 13.9. The molecule has 0 saturated heterocycles. The lowest BCUT2D eigenvalue weighted by Crippen LogP contribution is -2.26. The third-order valence-electron chi connectivity index (χ3n) is 3.07. The highest BCUT2D eigenvalue weighted by Gasteiger charge is 2.21. The first-order chi connectivity index (χ1) is 7.43. The molecule has 1 aromatic rings. The first-order valence-electron chi connectivity index (χ1n) is 5.68. The molecule has 0 amide bonds. The predicted octanol–water partition coefficient (Wildman–Crippen LogP) is 4.33. The maximum atomic E-state index is 6.21. The summed E-state index contributed by atoms with van der Waals surface area (Å²) in [5, 5.41) is 0.880. The van der Waals surface area contributed by atoms with Crippen molar-refractivity contribution >= 4 is 21.8 Å². The molecule has 0 aliphatic heterocycles. The van der Waals surface area contributed by atoms with Crippen LogP contribution in [0.15, 0.2) is 23.1 Å². The Hall–Kier alpha value is -0.180. The lowest BCUT2D eigenvalue weighted by Gasteiger charge is -2.42. The molecule has 0 radical (unpaired) electrons. The van der Waals surface area contributed by atoms with E-state index in [1.807, 2.05) is 6.92 Å². The second kappa shape index (κ2) is 5.44. The Morgan fingerprint density at radius 3 is 2.19 bits per heavy atom. The monoisotopic (exact) mass is 259 g/mol. The second-order valence-corrected chi connectivity index (χ2v) is 8.24. The van der Waals surface area contributed by atoms with Gasteiger partial charge in [-0.25, -0.2) is 0 Å². The summed E-state index contributed by atoms with van der Waals surface area (Å²) in [6.45, 7) is 8.66. The smallest absolute Gasteiger partial charge is 0.0446 e. The van der Waals surface area contributed by atoms with Crippen molar-refractivity contribution in [2.45, 2.75) is 25.7 Å². The number of benzene rings is 1. The van der Waals surface area contributed by atoms with Gasteiger partial charge in [-0.15, -0.1) is 0 Å². The third-order valence-corrected chi connectivity index (χ3v) is 6.69. The van der Waals surface area contributed by atoms with E-state index in [-0.39, 0.29) is 0 Å². The fraction of sp³-hybridized carbons (Fsp3) is 0.538. The first-order valence-corrected chi connectivity index (χ1v) is 8.46. The third kappa shape index (κ3) is 2.73. The molecule has 0 unspecified atom stereocenters. The second-order valence-electron chi connectivity index (χ2n) is 4.30. The topological polar surface area (TPSA) is 3.24 Å². The fourth-order valence-corrected chi connectivity index (χ4v) is 4.54. The summed E-state index contributed by atoms with van der Waals surface area (Å²) < 4.78 is 2.52. The molecule has 0 aromatic heterocycles. The maximum Gasteiger partial charge on any atom is 0.0446 e. The summed E-state index contributed by atoms with van der Waals surface area (Å²) in [4.78, 5) is 1.37. The minimum absolute atomic E-state index is 0.880. The van der Waals surface area contributed by atoms with Crippen molar-refractivity contribution < 1.29 is 0 Å². The molecule has 1 rings (SSSR count). The van der Waals surface area contributed by atoms with E-state index in [4.69, 9.17) is 11.6 Å². The minimum atomic E-state index is -0.892. The Bertz CT molecular complexity index is 359. The van der Waals surface area contributed by atoms with Crippen LogP contribution in [-0.2, 0) is 0 Å².